The van der Waals surface area contributed by atoms with Gasteiger partial charge >= 0.3 is 0 Å². The highest BCUT2D eigenvalue weighted by atomic mass is 35.5. The summed E-state index contributed by atoms with van der Waals surface area (Å²) in [6, 6.07) is 1.40. The molecule has 1 aliphatic carbocycles. The lowest BCUT2D eigenvalue weighted by atomic mass is 9.75. The van der Waals surface area contributed by atoms with Crippen LogP contribution < -0.4 is 10.0 Å². The first-order valence-electron chi connectivity index (χ1n) is 7.09. The van der Waals surface area contributed by atoms with Crippen LogP contribution in [0.15, 0.2) is 17.2 Å². The van der Waals surface area contributed by atoms with E-state index in [1.807, 2.05) is 0 Å². The Morgan fingerprint density at radius 3 is 2.71 bits per heavy atom. The number of hydrogen-bond acceptors (Lipinski definition) is 4. The molecule has 1 aliphatic rings. The number of pyridine rings is 1. The van der Waals surface area contributed by atoms with Crippen LogP contribution in [0.1, 0.15) is 39.5 Å². The van der Waals surface area contributed by atoms with E-state index < -0.39 is 10.0 Å². The fourth-order valence-electron chi connectivity index (χ4n) is 2.84. The van der Waals surface area contributed by atoms with Crippen LogP contribution in [0.5, 0.6) is 0 Å². The third kappa shape index (κ3) is 4.08. The quantitative estimate of drug-likeness (QED) is 0.889. The molecular weight excluding hydrogens is 310 g/mol. The van der Waals surface area contributed by atoms with E-state index in [2.05, 4.69) is 28.9 Å². The molecule has 1 atom stereocenters. The van der Waals surface area contributed by atoms with Crippen molar-refractivity contribution in [1.29, 1.82) is 0 Å². The number of nitrogens with zero attached hydrogens (tertiary/aromatic N) is 1. The largest absolute Gasteiger partial charge is 0.372 e. The Kier molecular flexibility index (Phi) is 4.80. The van der Waals surface area contributed by atoms with Crippen LogP contribution >= 0.6 is 11.6 Å². The second-order valence-corrected chi connectivity index (χ2v) is 8.45. The maximum Gasteiger partial charge on any atom is 0.242 e. The van der Waals surface area contributed by atoms with Crippen LogP contribution in [-0.4, -0.2) is 26.5 Å². The fourth-order valence-corrected chi connectivity index (χ4v) is 4.40. The zero-order valence-electron chi connectivity index (χ0n) is 12.6. The molecule has 0 aliphatic heterocycles. The molecule has 7 heteroatoms. The molecule has 0 bridgehead atoms. The highest BCUT2D eigenvalue weighted by Gasteiger charge is 2.31. The Hall–Kier alpha value is -0.850. The number of aromatic nitrogens is 1. The molecule has 0 amide bonds. The Bertz CT molecular complexity index is 617. The molecule has 1 heterocycles. The van der Waals surface area contributed by atoms with Gasteiger partial charge in [-0.05, 0) is 30.7 Å². The molecule has 5 nitrogen and oxygen atoms in total. The molecule has 118 valence electrons. The smallest absolute Gasteiger partial charge is 0.242 e. The molecule has 1 unspecified atom stereocenters. The third-order valence-electron chi connectivity index (χ3n) is 3.89. The van der Waals surface area contributed by atoms with Gasteiger partial charge < -0.3 is 5.32 Å². The Morgan fingerprint density at radius 2 is 2.14 bits per heavy atom. The second kappa shape index (κ2) is 6.10. The topological polar surface area (TPSA) is 71.1 Å². The average Bonchev–Trinajstić information content (AvgIpc) is 2.36. The number of nitrogens with one attached hydrogen (secondary N) is 2. The van der Waals surface area contributed by atoms with Crippen LogP contribution in [0.2, 0.25) is 5.02 Å². The highest BCUT2D eigenvalue weighted by molar-refractivity contribution is 7.89. The van der Waals surface area contributed by atoms with Gasteiger partial charge in [-0.2, -0.15) is 0 Å². The van der Waals surface area contributed by atoms with Crippen molar-refractivity contribution in [2.24, 2.45) is 5.41 Å². The van der Waals surface area contributed by atoms with E-state index in [4.69, 9.17) is 11.6 Å². The van der Waals surface area contributed by atoms with Crippen molar-refractivity contribution in [2.75, 3.05) is 12.4 Å². The molecule has 1 fully saturated rings. The molecule has 1 aromatic rings. The van der Waals surface area contributed by atoms with E-state index in [1.54, 1.807) is 7.05 Å². The number of anilines is 1. The van der Waals surface area contributed by atoms with Gasteiger partial charge in [-0.25, -0.2) is 18.1 Å². The van der Waals surface area contributed by atoms with Gasteiger partial charge in [-0.15, -0.1) is 0 Å². The maximum atomic E-state index is 12.4. The number of hydrogen-bond donors (Lipinski definition) is 2. The molecule has 2 N–H and O–H groups in total. The van der Waals surface area contributed by atoms with E-state index >= 15 is 0 Å². The Labute approximate surface area is 131 Å². The van der Waals surface area contributed by atoms with Crippen molar-refractivity contribution < 1.29 is 8.42 Å². The van der Waals surface area contributed by atoms with E-state index in [9.17, 15) is 8.42 Å². The van der Waals surface area contributed by atoms with E-state index in [0.29, 0.717) is 10.8 Å². The highest BCUT2D eigenvalue weighted by Crippen LogP contribution is 2.35. The van der Waals surface area contributed by atoms with Gasteiger partial charge in [0.2, 0.25) is 10.0 Å². The fraction of sp³-hybridized carbons (Fsp3) is 0.643. The summed E-state index contributed by atoms with van der Waals surface area (Å²) in [5, 5.41) is 3.10. The molecule has 0 radical (unpaired) electrons. The minimum absolute atomic E-state index is 0.0264. The van der Waals surface area contributed by atoms with Gasteiger partial charge in [0.25, 0.3) is 0 Å². The van der Waals surface area contributed by atoms with Gasteiger partial charge in [0.15, 0.2) is 0 Å². The molecule has 0 spiro atoms. The molecule has 0 saturated heterocycles. The molecule has 0 aromatic carbocycles. The Balaban J connectivity index is 2.17. The summed E-state index contributed by atoms with van der Waals surface area (Å²) >= 11 is 6.01. The van der Waals surface area contributed by atoms with Crippen LogP contribution in [0.4, 0.5) is 5.82 Å². The molecule has 1 aromatic heterocycles. The van der Waals surface area contributed by atoms with Crippen molar-refractivity contribution in [3.8, 4) is 0 Å². The lowest BCUT2D eigenvalue weighted by molar-refractivity contribution is 0.212. The van der Waals surface area contributed by atoms with Crippen molar-refractivity contribution in [2.45, 2.75) is 50.5 Å². The van der Waals surface area contributed by atoms with Gasteiger partial charge in [0.1, 0.15) is 10.7 Å². The summed E-state index contributed by atoms with van der Waals surface area (Å²) in [4.78, 5) is 4.13. The van der Waals surface area contributed by atoms with Crippen molar-refractivity contribution in [1.82, 2.24) is 9.71 Å². The summed E-state index contributed by atoms with van der Waals surface area (Å²) in [5.41, 5.74) is 0.178. The van der Waals surface area contributed by atoms with Gasteiger partial charge in [0.05, 0.1) is 5.02 Å². The second-order valence-electron chi connectivity index (χ2n) is 6.33. The predicted octanol–water partition coefficient (Wildman–Crippen LogP) is 3.02. The van der Waals surface area contributed by atoms with Crippen LogP contribution in [0.25, 0.3) is 0 Å². The summed E-state index contributed by atoms with van der Waals surface area (Å²) in [5.74, 6) is 0.467. The molecular formula is C14H22ClN3O2S. The SMILES string of the molecule is CNc1ncc(S(=O)(=O)NC2CCCC(C)(C)C2)cc1Cl. The summed E-state index contributed by atoms with van der Waals surface area (Å²) < 4.78 is 27.7. The molecule has 21 heavy (non-hydrogen) atoms. The summed E-state index contributed by atoms with van der Waals surface area (Å²) in [6.07, 6.45) is 5.22. The van der Waals surface area contributed by atoms with Crippen LogP contribution in [0.3, 0.4) is 0 Å². The average molecular weight is 332 g/mol. The van der Waals surface area contributed by atoms with E-state index in [0.717, 1.165) is 25.7 Å². The minimum Gasteiger partial charge on any atom is -0.372 e. The van der Waals surface area contributed by atoms with Gasteiger partial charge in [-0.1, -0.05) is 31.9 Å². The number of rotatable bonds is 4. The normalized spacial score (nSPS) is 22.0. The maximum absolute atomic E-state index is 12.4. The van der Waals surface area contributed by atoms with Crippen LogP contribution in [-0.2, 0) is 10.0 Å². The standard InChI is InChI=1S/C14H22ClN3O2S/c1-14(2)6-4-5-10(8-14)18-21(19,20)11-7-12(15)13(16-3)17-9-11/h7,9-10,18H,4-6,8H2,1-3H3,(H,16,17). The number of halogens is 1. The monoisotopic (exact) mass is 331 g/mol. The Morgan fingerprint density at radius 1 is 1.43 bits per heavy atom. The first kappa shape index (κ1) is 16.5. The minimum atomic E-state index is -3.58. The summed E-state index contributed by atoms with van der Waals surface area (Å²) in [7, 11) is -1.90. The first-order chi connectivity index (χ1) is 9.73. The van der Waals surface area contributed by atoms with E-state index in [1.165, 1.54) is 12.3 Å². The van der Waals surface area contributed by atoms with Crippen molar-refractivity contribution in [3.05, 3.63) is 17.3 Å². The molecule has 2 rings (SSSR count). The molecule has 1 saturated carbocycles. The van der Waals surface area contributed by atoms with E-state index in [-0.39, 0.29) is 16.4 Å². The zero-order chi connectivity index (χ0) is 15.7. The first-order valence-corrected chi connectivity index (χ1v) is 8.95. The third-order valence-corrected chi connectivity index (χ3v) is 5.67. The number of sulfonamides is 1. The van der Waals surface area contributed by atoms with Gasteiger partial charge in [-0.3, -0.25) is 0 Å². The predicted molar refractivity (Wildman–Crippen MR) is 85.2 cm³/mol. The van der Waals surface area contributed by atoms with Crippen molar-refractivity contribution >= 4 is 27.4 Å². The lowest BCUT2D eigenvalue weighted by Gasteiger charge is -2.35. The summed E-state index contributed by atoms with van der Waals surface area (Å²) in [6.45, 7) is 4.35. The lowest BCUT2D eigenvalue weighted by Crippen LogP contribution is -2.40. The zero-order valence-corrected chi connectivity index (χ0v) is 14.2. The van der Waals surface area contributed by atoms with Crippen LogP contribution in [0, 0.1) is 5.41 Å². The van der Waals surface area contributed by atoms with Gasteiger partial charge in [0, 0.05) is 19.3 Å². The van der Waals surface area contributed by atoms with Crippen molar-refractivity contribution in [3.63, 3.8) is 0 Å².